The van der Waals surface area contributed by atoms with Crippen molar-refractivity contribution in [3.63, 3.8) is 0 Å². The van der Waals surface area contributed by atoms with Gasteiger partial charge in [-0.05, 0) is 97.7 Å². The summed E-state index contributed by atoms with van der Waals surface area (Å²) in [5.41, 5.74) is -0.355. The molecule has 9 nitrogen and oxygen atoms in total. The van der Waals surface area contributed by atoms with Gasteiger partial charge in [-0.2, -0.15) is 0 Å². The minimum absolute atomic E-state index is 0.0177. The molecule has 12 unspecified atom stereocenters. The highest BCUT2D eigenvalue weighted by Gasteiger charge is 2.65. The molecule has 0 aromatic rings. The Morgan fingerprint density at radius 2 is 1.68 bits per heavy atom. The first-order valence-corrected chi connectivity index (χ1v) is 14.1. The zero-order valence-corrected chi connectivity index (χ0v) is 22.3. The molecule has 4 aliphatic carbocycles. The number of hydrogen-bond acceptors (Lipinski definition) is 6. The molecule has 0 aromatic heterocycles. The molecule has 4 saturated carbocycles. The molecule has 4 rings (SSSR count). The van der Waals surface area contributed by atoms with Crippen molar-refractivity contribution in [1.29, 1.82) is 0 Å². The van der Waals surface area contributed by atoms with E-state index in [1.54, 1.807) is 0 Å². The molecule has 4 aliphatic rings. The van der Waals surface area contributed by atoms with Crippen molar-refractivity contribution in [3.05, 3.63) is 0 Å². The highest BCUT2D eigenvalue weighted by molar-refractivity contribution is 5.86. The molecule has 0 radical (unpaired) electrons. The first kappa shape index (κ1) is 28.3. The molecule has 1 amide bonds. The normalized spacial score (nSPS) is 44.6. The van der Waals surface area contributed by atoms with E-state index >= 15 is 0 Å². The van der Waals surface area contributed by atoms with Gasteiger partial charge in [0.05, 0.1) is 24.7 Å². The van der Waals surface area contributed by atoms with Crippen LogP contribution in [0.2, 0.25) is 0 Å². The zero-order chi connectivity index (χ0) is 27.3. The molecule has 0 bridgehead atoms. The predicted octanol–water partition coefficient (Wildman–Crippen LogP) is 2.41. The highest BCUT2D eigenvalue weighted by Crippen LogP contribution is 2.68. The van der Waals surface area contributed by atoms with Crippen LogP contribution in [0.15, 0.2) is 0 Å². The number of carboxylic acids is 2. The lowest BCUT2D eigenvalue weighted by Gasteiger charge is -2.63. The molecule has 12 atom stereocenters. The van der Waals surface area contributed by atoms with Crippen LogP contribution < -0.4 is 5.32 Å². The van der Waals surface area contributed by atoms with Crippen molar-refractivity contribution >= 4 is 17.8 Å². The molecule has 6 N–H and O–H groups in total. The van der Waals surface area contributed by atoms with E-state index in [0.717, 1.165) is 32.1 Å². The second kappa shape index (κ2) is 10.5. The second-order valence-electron chi connectivity index (χ2n) is 13.1. The van der Waals surface area contributed by atoms with Crippen molar-refractivity contribution < 1.29 is 39.9 Å². The van der Waals surface area contributed by atoms with Crippen LogP contribution in [-0.4, -0.2) is 67.7 Å². The zero-order valence-electron chi connectivity index (χ0n) is 22.3. The Hall–Kier alpha value is -1.71. The van der Waals surface area contributed by atoms with Gasteiger partial charge >= 0.3 is 11.9 Å². The fourth-order valence-electron chi connectivity index (χ4n) is 9.33. The van der Waals surface area contributed by atoms with Crippen molar-refractivity contribution in [2.24, 2.45) is 46.3 Å². The Kier molecular flexibility index (Phi) is 8.00. The summed E-state index contributed by atoms with van der Waals surface area (Å²) in [5, 5.41) is 53.7. The summed E-state index contributed by atoms with van der Waals surface area (Å²) in [7, 11) is 0. The smallest absolute Gasteiger partial charge is 0.326 e. The van der Waals surface area contributed by atoms with Crippen LogP contribution in [0.25, 0.3) is 0 Å². The second-order valence-corrected chi connectivity index (χ2v) is 13.1. The lowest BCUT2D eigenvalue weighted by molar-refractivity contribution is -0.207. The molecule has 0 aliphatic heterocycles. The average Bonchev–Trinajstić information content (AvgIpc) is 3.17. The van der Waals surface area contributed by atoms with Crippen molar-refractivity contribution in [2.45, 2.75) is 109 Å². The van der Waals surface area contributed by atoms with Crippen molar-refractivity contribution in [1.82, 2.24) is 5.32 Å². The summed E-state index contributed by atoms with van der Waals surface area (Å²) in [4.78, 5) is 34.6. The minimum atomic E-state index is -1.45. The van der Waals surface area contributed by atoms with Gasteiger partial charge in [0, 0.05) is 6.42 Å². The Balaban J connectivity index is 1.44. The number of aliphatic carboxylic acids is 2. The first-order chi connectivity index (χ1) is 17.3. The molecule has 0 heterocycles. The van der Waals surface area contributed by atoms with Gasteiger partial charge in [0.1, 0.15) is 6.04 Å². The largest absolute Gasteiger partial charge is 0.481 e. The summed E-state index contributed by atoms with van der Waals surface area (Å²) in [6.07, 6.45) is 4.31. The molecule has 0 aromatic carbocycles. The predicted molar refractivity (Wildman–Crippen MR) is 134 cm³/mol. The SMILES string of the molecule is CC(CCC(=O)NC(CC(=O)O)C(=O)O)C1CCC2C3C(O)CC4CC(O)CCC4(C)C3CC(O)C12C. The number of carboxylic acid groups (broad SMARTS) is 2. The van der Waals surface area contributed by atoms with E-state index in [2.05, 4.69) is 26.1 Å². The van der Waals surface area contributed by atoms with Crippen molar-refractivity contribution in [3.8, 4) is 0 Å². The number of nitrogens with one attached hydrogen (secondary N) is 1. The summed E-state index contributed by atoms with van der Waals surface area (Å²) in [6, 6.07) is -1.45. The topological polar surface area (TPSA) is 164 Å². The van der Waals surface area contributed by atoms with Gasteiger partial charge in [0.15, 0.2) is 0 Å². The molecular weight excluding hydrogens is 478 g/mol. The Labute approximate surface area is 219 Å². The number of hydrogen-bond donors (Lipinski definition) is 6. The third kappa shape index (κ3) is 5.03. The van der Waals surface area contributed by atoms with Gasteiger partial charge in [-0.3, -0.25) is 9.59 Å². The summed E-state index contributed by atoms with van der Waals surface area (Å²) >= 11 is 0. The third-order valence-electron chi connectivity index (χ3n) is 11.4. The van der Waals surface area contributed by atoms with E-state index < -0.39 is 42.5 Å². The van der Waals surface area contributed by atoms with E-state index in [9.17, 15) is 34.8 Å². The minimum Gasteiger partial charge on any atom is -0.481 e. The number of carbonyl (C=O) groups excluding carboxylic acids is 1. The number of fused-ring (bicyclic) bond motifs is 5. The quantitative estimate of drug-likeness (QED) is 0.282. The molecule has 4 fully saturated rings. The van der Waals surface area contributed by atoms with E-state index in [1.807, 2.05) is 0 Å². The van der Waals surface area contributed by atoms with Gasteiger partial charge < -0.3 is 30.8 Å². The lowest BCUT2D eigenvalue weighted by Crippen LogP contribution is -2.62. The van der Waals surface area contributed by atoms with Crippen LogP contribution in [0, 0.1) is 46.3 Å². The van der Waals surface area contributed by atoms with Crippen LogP contribution in [0.1, 0.15) is 85.0 Å². The maximum atomic E-state index is 12.4. The van der Waals surface area contributed by atoms with Gasteiger partial charge in [-0.25, -0.2) is 4.79 Å². The highest BCUT2D eigenvalue weighted by atomic mass is 16.4. The van der Waals surface area contributed by atoms with Crippen LogP contribution in [0.3, 0.4) is 0 Å². The molecule has 210 valence electrons. The number of rotatable bonds is 8. The lowest BCUT2D eigenvalue weighted by atomic mass is 9.43. The van der Waals surface area contributed by atoms with Gasteiger partial charge in [-0.15, -0.1) is 0 Å². The molecule has 0 spiro atoms. The fraction of sp³-hybridized carbons (Fsp3) is 0.893. The van der Waals surface area contributed by atoms with E-state index in [0.29, 0.717) is 19.3 Å². The average molecular weight is 524 g/mol. The summed E-state index contributed by atoms with van der Waals surface area (Å²) in [6.45, 7) is 6.55. The fourth-order valence-corrected chi connectivity index (χ4v) is 9.33. The van der Waals surface area contributed by atoms with Gasteiger partial charge in [0.2, 0.25) is 5.91 Å². The Bertz CT molecular complexity index is 895. The summed E-state index contributed by atoms with van der Waals surface area (Å²) in [5.74, 6) is -2.06. The molecule has 9 heteroatoms. The first-order valence-electron chi connectivity index (χ1n) is 14.1. The maximum absolute atomic E-state index is 12.4. The van der Waals surface area contributed by atoms with Crippen molar-refractivity contribution in [2.75, 3.05) is 0 Å². The Morgan fingerprint density at radius 3 is 2.32 bits per heavy atom. The number of carbonyl (C=O) groups is 3. The van der Waals surface area contributed by atoms with E-state index in [1.165, 1.54) is 0 Å². The van der Waals surface area contributed by atoms with Crippen LogP contribution >= 0.6 is 0 Å². The van der Waals surface area contributed by atoms with Gasteiger partial charge in [-0.1, -0.05) is 20.8 Å². The standard InChI is InChI=1S/C28H45NO8/c1-14(4-7-23(33)29-20(26(36)37)13-24(34)35)17-5-6-18-25-19(12-22(32)28(17,18)3)27(2)9-8-16(30)10-15(27)11-21(25)31/h14-22,25,30-32H,4-13H2,1-3H3,(H,29,33)(H,34,35)(H,36,37). The molecule has 37 heavy (non-hydrogen) atoms. The van der Waals surface area contributed by atoms with Gasteiger partial charge in [0.25, 0.3) is 0 Å². The van der Waals surface area contributed by atoms with E-state index in [-0.39, 0.29) is 58.9 Å². The van der Waals surface area contributed by atoms with E-state index in [4.69, 9.17) is 5.11 Å². The Morgan fingerprint density at radius 1 is 0.973 bits per heavy atom. The van der Waals surface area contributed by atoms with Crippen LogP contribution in [-0.2, 0) is 14.4 Å². The monoisotopic (exact) mass is 523 g/mol. The summed E-state index contributed by atoms with van der Waals surface area (Å²) < 4.78 is 0. The van der Waals surface area contributed by atoms with Crippen LogP contribution in [0.5, 0.6) is 0 Å². The molecule has 0 saturated heterocycles. The number of aliphatic hydroxyl groups excluding tert-OH is 3. The maximum Gasteiger partial charge on any atom is 0.326 e. The molecular formula is C28H45NO8. The number of aliphatic hydroxyl groups is 3. The van der Waals surface area contributed by atoms with Crippen LogP contribution in [0.4, 0.5) is 0 Å². The number of amides is 1. The third-order valence-corrected chi connectivity index (χ3v) is 11.4.